The molecule has 2 rings (SSSR count). The van der Waals surface area contributed by atoms with Gasteiger partial charge in [-0.15, -0.1) is 12.4 Å². The Labute approximate surface area is 129 Å². The number of amides is 1. The summed E-state index contributed by atoms with van der Waals surface area (Å²) < 4.78 is 26.6. The fourth-order valence-corrected chi connectivity index (χ4v) is 2.43. The maximum absolute atomic E-state index is 13.3. The van der Waals surface area contributed by atoms with E-state index in [1.165, 1.54) is 0 Å². The smallest absolute Gasteiger partial charge is 0.244 e. The van der Waals surface area contributed by atoms with E-state index in [-0.39, 0.29) is 27.6 Å². The van der Waals surface area contributed by atoms with Crippen molar-refractivity contribution in [1.82, 2.24) is 0 Å². The number of nitrogens with one attached hydrogen (secondary N) is 1. The molecular weight excluding hydrogens is 388 g/mol. The van der Waals surface area contributed by atoms with Gasteiger partial charge in [0.05, 0.1) is 9.11 Å². The number of rotatable bonds is 2. The van der Waals surface area contributed by atoms with Crippen molar-refractivity contribution in [3.8, 4) is 0 Å². The van der Waals surface area contributed by atoms with Crippen molar-refractivity contribution in [1.29, 1.82) is 0 Å². The largest absolute Gasteiger partial charge is 0.324 e. The molecule has 0 spiro atoms. The highest BCUT2D eigenvalue weighted by molar-refractivity contribution is 14.1. The Balaban J connectivity index is 0.00000180. The first kappa shape index (κ1) is 16.6. The predicted molar refractivity (Wildman–Crippen MR) is 80.3 cm³/mol. The van der Waals surface area contributed by atoms with E-state index >= 15 is 0 Å². The molecule has 1 aliphatic rings. The van der Waals surface area contributed by atoms with Gasteiger partial charge >= 0.3 is 0 Å². The van der Waals surface area contributed by atoms with Gasteiger partial charge in [0.15, 0.2) is 0 Å². The molecule has 7 heteroatoms. The van der Waals surface area contributed by atoms with Gasteiger partial charge in [-0.05, 0) is 47.6 Å². The lowest BCUT2D eigenvalue weighted by Gasteiger charge is -2.22. The molecule has 3 nitrogen and oxygen atoms in total. The topological polar surface area (TPSA) is 55.1 Å². The molecule has 0 atom stereocenters. The van der Waals surface area contributed by atoms with Crippen molar-refractivity contribution in [2.75, 3.05) is 5.32 Å². The zero-order chi connectivity index (χ0) is 13.3. The molecule has 0 aliphatic heterocycles. The third-order valence-electron chi connectivity index (χ3n) is 3.19. The SMILES string of the molecule is Cl.NC1(C(=O)Nc2cc(F)c(I)c(F)c2)CCCC1. The molecule has 0 bridgehead atoms. The van der Waals surface area contributed by atoms with Gasteiger partial charge in [-0.2, -0.15) is 0 Å². The normalized spacial score (nSPS) is 16.8. The van der Waals surface area contributed by atoms with Crippen LogP contribution in [0.15, 0.2) is 12.1 Å². The lowest BCUT2D eigenvalue weighted by Crippen LogP contribution is -2.48. The highest BCUT2D eigenvalue weighted by atomic mass is 127. The predicted octanol–water partition coefficient (Wildman–Crippen LogP) is 3.20. The highest BCUT2D eigenvalue weighted by Crippen LogP contribution is 2.29. The van der Waals surface area contributed by atoms with Crippen molar-refractivity contribution in [2.24, 2.45) is 5.73 Å². The lowest BCUT2D eigenvalue weighted by atomic mass is 9.98. The van der Waals surface area contributed by atoms with E-state index in [0.29, 0.717) is 12.8 Å². The second-order valence-electron chi connectivity index (χ2n) is 4.57. The molecule has 0 saturated heterocycles. The van der Waals surface area contributed by atoms with Crippen molar-refractivity contribution >= 4 is 46.6 Å². The number of carbonyl (C=O) groups excluding carboxylic acids is 1. The molecule has 1 saturated carbocycles. The quantitative estimate of drug-likeness (QED) is 0.590. The summed E-state index contributed by atoms with van der Waals surface area (Å²) in [6.45, 7) is 0. The molecule has 1 aromatic carbocycles. The number of halogens is 4. The van der Waals surface area contributed by atoms with Gasteiger partial charge in [-0.3, -0.25) is 4.79 Å². The average molecular weight is 403 g/mol. The van der Waals surface area contributed by atoms with Crippen LogP contribution in [0.1, 0.15) is 25.7 Å². The Morgan fingerprint density at radius 1 is 1.26 bits per heavy atom. The fraction of sp³-hybridized carbons (Fsp3) is 0.417. The Morgan fingerprint density at radius 3 is 2.21 bits per heavy atom. The molecule has 1 fully saturated rings. The number of nitrogens with two attached hydrogens (primary N) is 1. The molecule has 19 heavy (non-hydrogen) atoms. The summed E-state index contributed by atoms with van der Waals surface area (Å²) in [6.07, 6.45) is 3.01. The zero-order valence-corrected chi connectivity index (χ0v) is 13.0. The Hall–Kier alpha value is -0.470. The van der Waals surface area contributed by atoms with Crippen molar-refractivity contribution < 1.29 is 13.6 Å². The molecule has 0 unspecified atom stereocenters. The molecule has 106 valence electrons. The van der Waals surface area contributed by atoms with Crippen LogP contribution in [0.5, 0.6) is 0 Å². The third-order valence-corrected chi connectivity index (χ3v) is 4.22. The summed E-state index contributed by atoms with van der Waals surface area (Å²) >= 11 is 1.57. The average Bonchev–Trinajstić information content (AvgIpc) is 2.74. The van der Waals surface area contributed by atoms with E-state index < -0.39 is 17.2 Å². The minimum atomic E-state index is -0.907. The van der Waals surface area contributed by atoms with E-state index in [1.807, 2.05) is 0 Å². The van der Waals surface area contributed by atoms with Crippen LogP contribution in [0.25, 0.3) is 0 Å². The molecule has 1 aliphatic carbocycles. The zero-order valence-electron chi connectivity index (χ0n) is 10.0. The van der Waals surface area contributed by atoms with Crippen molar-refractivity contribution in [3.05, 3.63) is 27.3 Å². The van der Waals surface area contributed by atoms with Gasteiger partial charge in [0.2, 0.25) is 5.91 Å². The Morgan fingerprint density at radius 2 is 1.74 bits per heavy atom. The third kappa shape index (κ3) is 3.55. The standard InChI is InChI=1S/C12H13F2IN2O.ClH/c13-8-5-7(6-9(14)10(8)15)17-11(18)12(16)3-1-2-4-12;/h5-6H,1-4,16H2,(H,17,18);1H. The van der Waals surface area contributed by atoms with E-state index in [1.54, 1.807) is 22.6 Å². The number of carbonyl (C=O) groups is 1. The summed E-state index contributed by atoms with van der Waals surface area (Å²) in [4.78, 5) is 12.0. The molecule has 1 amide bonds. The second kappa shape index (κ2) is 6.32. The van der Waals surface area contributed by atoms with E-state index in [4.69, 9.17) is 5.73 Å². The first-order valence-corrected chi connectivity index (χ1v) is 6.75. The van der Waals surface area contributed by atoms with Gasteiger partial charge in [0.25, 0.3) is 0 Å². The van der Waals surface area contributed by atoms with Crippen LogP contribution in [-0.4, -0.2) is 11.4 Å². The Kier molecular flexibility index (Phi) is 5.52. The monoisotopic (exact) mass is 402 g/mol. The summed E-state index contributed by atoms with van der Waals surface area (Å²) in [5.74, 6) is -1.76. The van der Waals surface area contributed by atoms with Crippen molar-refractivity contribution in [3.63, 3.8) is 0 Å². The van der Waals surface area contributed by atoms with E-state index in [9.17, 15) is 13.6 Å². The van der Waals surface area contributed by atoms with Crippen LogP contribution < -0.4 is 11.1 Å². The maximum Gasteiger partial charge on any atom is 0.244 e. The molecule has 0 radical (unpaired) electrons. The van der Waals surface area contributed by atoms with Gasteiger partial charge in [0, 0.05) is 5.69 Å². The summed E-state index contributed by atoms with van der Waals surface area (Å²) in [7, 11) is 0. The molecule has 3 N–H and O–H groups in total. The van der Waals surface area contributed by atoms with Gasteiger partial charge in [0.1, 0.15) is 11.6 Å². The number of hydrogen-bond acceptors (Lipinski definition) is 2. The first-order chi connectivity index (χ1) is 8.42. The molecule has 1 aromatic rings. The van der Waals surface area contributed by atoms with Crippen LogP contribution in [-0.2, 0) is 4.79 Å². The fourth-order valence-electron chi connectivity index (χ4n) is 2.12. The highest BCUT2D eigenvalue weighted by Gasteiger charge is 2.37. The first-order valence-electron chi connectivity index (χ1n) is 5.67. The second-order valence-corrected chi connectivity index (χ2v) is 5.65. The van der Waals surface area contributed by atoms with Gasteiger partial charge < -0.3 is 11.1 Å². The van der Waals surface area contributed by atoms with Crippen LogP contribution in [0.2, 0.25) is 0 Å². The van der Waals surface area contributed by atoms with Crippen LogP contribution in [0, 0.1) is 15.2 Å². The lowest BCUT2D eigenvalue weighted by molar-refractivity contribution is -0.121. The van der Waals surface area contributed by atoms with Crippen LogP contribution in [0.3, 0.4) is 0 Å². The molecule has 0 heterocycles. The van der Waals surface area contributed by atoms with Crippen LogP contribution >= 0.6 is 35.0 Å². The number of hydrogen-bond donors (Lipinski definition) is 2. The van der Waals surface area contributed by atoms with Crippen LogP contribution in [0.4, 0.5) is 14.5 Å². The van der Waals surface area contributed by atoms with Gasteiger partial charge in [-0.25, -0.2) is 8.78 Å². The molecule has 0 aromatic heterocycles. The maximum atomic E-state index is 13.3. The summed E-state index contributed by atoms with van der Waals surface area (Å²) in [5.41, 5.74) is 5.15. The number of anilines is 1. The minimum absolute atomic E-state index is 0. The van der Waals surface area contributed by atoms with E-state index in [0.717, 1.165) is 25.0 Å². The number of benzene rings is 1. The van der Waals surface area contributed by atoms with E-state index in [2.05, 4.69) is 5.32 Å². The summed E-state index contributed by atoms with van der Waals surface area (Å²) in [6, 6.07) is 2.20. The summed E-state index contributed by atoms with van der Waals surface area (Å²) in [5, 5.41) is 2.49. The van der Waals surface area contributed by atoms with Crippen molar-refractivity contribution in [2.45, 2.75) is 31.2 Å². The van der Waals surface area contributed by atoms with Gasteiger partial charge in [-0.1, -0.05) is 12.8 Å². The molecular formula is C12H14ClF2IN2O. The minimum Gasteiger partial charge on any atom is -0.324 e. The Bertz CT molecular complexity index is 470.